The summed E-state index contributed by atoms with van der Waals surface area (Å²) in [7, 11) is 1.69. The molecule has 0 radical (unpaired) electrons. The second-order valence-electron chi connectivity index (χ2n) is 7.19. The van der Waals surface area contributed by atoms with Crippen molar-refractivity contribution in [2.75, 3.05) is 7.05 Å². The highest BCUT2D eigenvalue weighted by atomic mass is 16.2. The Bertz CT molecular complexity index is 1090. The van der Waals surface area contributed by atoms with E-state index in [-0.39, 0.29) is 11.5 Å². The standard InChI is InChI=1S/C24H24N4O/c1-17-7-9-23(10-8-17)28-18(2)12-21(19(28)3)13-22(14-25)24(29)27(4)16-20-6-5-11-26-15-20/h5-13,15H,16H2,1-4H3/b22-13+. The third kappa shape index (κ3) is 4.44. The lowest BCUT2D eigenvalue weighted by atomic mass is 10.1. The van der Waals surface area contributed by atoms with E-state index >= 15 is 0 Å². The average molecular weight is 384 g/mol. The minimum absolute atomic E-state index is 0.112. The van der Waals surface area contributed by atoms with Crippen molar-refractivity contribution in [1.29, 1.82) is 5.26 Å². The van der Waals surface area contributed by atoms with Crippen LogP contribution in [-0.4, -0.2) is 27.4 Å². The number of carbonyl (C=O) groups excluding carboxylic acids is 1. The fourth-order valence-electron chi connectivity index (χ4n) is 3.37. The van der Waals surface area contributed by atoms with Crippen LogP contribution in [-0.2, 0) is 11.3 Å². The van der Waals surface area contributed by atoms with E-state index in [1.165, 1.54) is 10.5 Å². The molecular weight excluding hydrogens is 360 g/mol. The highest BCUT2D eigenvalue weighted by molar-refractivity contribution is 6.01. The van der Waals surface area contributed by atoms with Crippen LogP contribution in [0.5, 0.6) is 0 Å². The molecular formula is C24H24N4O. The monoisotopic (exact) mass is 384 g/mol. The Hall–Kier alpha value is -3.65. The minimum atomic E-state index is -0.309. The van der Waals surface area contributed by atoms with E-state index in [1.54, 1.807) is 25.5 Å². The summed E-state index contributed by atoms with van der Waals surface area (Å²) in [4.78, 5) is 18.4. The second-order valence-corrected chi connectivity index (χ2v) is 7.19. The van der Waals surface area contributed by atoms with E-state index in [0.717, 1.165) is 28.2 Å². The van der Waals surface area contributed by atoms with Crippen molar-refractivity contribution in [2.24, 2.45) is 0 Å². The fourth-order valence-corrected chi connectivity index (χ4v) is 3.37. The Kier molecular flexibility index (Phi) is 5.94. The normalized spacial score (nSPS) is 11.2. The fraction of sp³-hybridized carbons (Fsp3) is 0.208. The summed E-state index contributed by atoms with van der Waals surface area (Å²) in [5, 5.41) is 9.60. The zero-order valence-electron chi connectivity index (χ0n) is 17.2. The number of nitrogens with zero attached hydrogens (tertiary/aromatic N) is 4. The maximum atomic E-state index is 12.8. The highest BCUT2D eigenvalue weighted by Crippen LogP contribution is 2.23. The molecule has 0 spiro atoms. The van der Waals surface area contributed by atoms with Crippen LogP contribution in [0.15, 0.2) is 60.4 Å². The summed E-state index contributed by atoms with van der Waals surface area (Å²) in [6.45, 7) is 6.47. The summed E-state index contributed by atoms with van der Waals surface area (Å²) < 4.78 is 2.13. The zero-order valence-corrected chi connectivity index (χ0v) is 17.2. The van der Waals surface area contributed by atoms with Gasteiger partial charge in [-0.05, 0) is 62.2 Å². The summed E-state index contributed by atoms with van der Waals surface area (Å²) in [6, 6.07) is 16.1. The molecule has 0 fully saturated rings. The van der Waals surface area contributed by atoms with Gasteiger partial charge in [0.25, 0.3) is 5.91 Å². The summed E-state index contributed by atoms with van der Waals surface area (Å²) in [5.74, 6) is -0.309. The molecule has 1 aromatic carbocycles. The van der Waals surface area contributed by atoms with Gasteiger partial charge in [0, 0.05) is 43.1 Å². The van der Waals surface area contributed by atoms with Gasteiger partial charge in [-0.2, -0.15) is 5.26 Å². The van der Waals surface area contributed by atoms with Crippen molar-refractivity contribution in [3.8, 4) is 11.8 Å². The Morgan fingerprint density at radius 2 is 1.93 bits per heavy atom. The first-order chi connectivity index (χ1) is 13.9. The summed E-state index contributed by atoms with van der Waals surface area (Å²) in [5.41, 5.74) is 6.18. The second kappa shape index (κ2) is 8.57. The molecule has 2 aromatic heterocycles. The number of benzene rings is 1. The molecule has 0 aliphatic rings. The number of amides is 1. The van der Waals surface area contributed by atoms with Crippen molar-refractivity contribution < 1.29 is 4.79 Å². The van der Waals surface area contributed by atoms with Gasteiger partial charge >= 0.3 is 0 Å². The third-order valence-corrected chi connectivity index (χ3v) is 4.90. The van der Waals surface area contributed by atoms with Crippen LogP contribution in [0.25, 0.3) is 11.8 Å². The zero-order chi connectivity index (χ0) is 21.0. The predicted octanol–water partition coefficient (Wildman–Crippen LogP) is 4.36. The molecule has 5 heteroatoms. The van der Waals surface area contributed by atoms with Crippen molar-refractivity contribution in [1.82, 2.24) is 14.5 Å². The van der Waals surface area contributed by atoms with Crippen LogP contribution in [0.3, 0.4) is 0 Å². The number of carbonyl (C=O) groups is 1. The van der Waals surface area contributed by atoms with Gasteiger partial charge in [0.05, 0.1) is 0 Å². The summed E-state index contributed by atoms with van der Waals surface area (Å²) in [6.07, 6.45) is 5.08. The van der Waals surface area contributed by atoms with Crippen molar-refractivity contribution in [3.05, 3.63) is 88.5 Å². The molecule has 0 saturated carbocycles. The molecule has 5 nitrogen and oxygen atoms in total. The molecule has 3 rings (SSSR count). The Morgan fingerprint density at radius 1 is 1.21 bits per heavy atom. The number of likely N-dealkylation sites (N-methyl/N-ethyl adjacent to an activating group) is 1. The van der Waals surface area contributed by atoms with Crippen LogP contribution < -0.4 is 0 Å². The van der Waals surface area contributed by atoms with E-state index < -0.39 is 0 Å². The molecule has 1 amide bonds. The molecule has 0 saturated heterocycles. The van der Waals surface area contributed by atoms with Crippen LogP contribution in [0, 0.1) is 32.1 Å². The molecule has 0 atom stereocenters. The largest absolute Gasteiger partial charge is 0.337 e. The number of pyridine rings is 1. The topological polar surface area (TPSA) is 61.9 Å². The van der Waals surface area contributed by atoms with Crippen molar-refractivity contribution in [2.45, 2.75) is 27.3 Å². The molecule has 3 aromatic rings. The smallest absolute Gasteiger partial charge is 0.264 e. The van der Waals surface area contributed by atoms with Crippen LogP contribution in [0.4, 0.5) is 0 Å². The lowest BCUT2D eigenvalue weighted by Gasteiger charge is -2.16. The maximum absolute atomic E-state index is 12.8. The lowest BCUT2D eigenvalue weighted by molar-refractivity contribution is -0.125. The van der Waals surface area contributed by atoms with Crippen molar-refractivity contribution in [3.63, 3.8) is 0 Å². The first-order valence-electron chi connectivity index (χ1n) is 9.43. The minimum Gasteiger partial charge on any atom is -0.337 e. The first kappa shape index (κ1) is 20.1. The van der Waals surface area contributed by atoms with E-state index in [9.17, 15) is 10.1 Å². The van der Waals surface area contributed by atoms with E-state index in [2.05, 4.69) is 46.8 Å². The van der Waals surface area contributed by atoms with Crippen molar-refractivity contribution >= 4 is 12.0 Å². The van der Waals surface area contributed by atoms with E-state index in [0.29, 0.717) is 6.54 Å². The summed E-state index contributed by atoms with van der Waals surface area (Å²) >= 11 is 0. The predicted molar refractivity (Wildman–Crippen MR) is 114 cm³/mol. The molecule has 0 aliphatic heterocycles. The molecule has 0 aliphatic carbocycles. The Labute approximate surface area is 171 Å². The number of aryl methyl sites for hydroxylation is 2. The van der Waals surface area contributed by atoms with Gasteiger partial charge in [-0.25, -0.2) is 0 Å². The number of hydrogen-bond donors (Lipinski definition) is 0. The molecule has 0 N–H and O–H groups in total. The molecule has 2 heterocycles. The Balaban J connectivity index is 1.89. The number of nitriles is 1. The van der Waals surface area contributed by atoms with Gasteiger partial charge < -0.3 is 9.47 Å². The van der Waals surface area contributed by atoms with Gasteiger partial charge in [-0.15, -0.1) is 0 Å². The molecule has 29 heavy (non-hydrogen) atoms. The van der Waals surface area contributed by atoms with Gasteiger partial charge in [0.1, 0.15) is 11.6 Å². The number of rotatable bonds is 5. The Morgan fingerprint density at radius 3 is 2.55 bits per heavy atom. The van der Waals surface area contributed by atoms with Gasteiger partial charge in [-0.1, -0.05) is 23.8 Å². The molecule has 0 bridgehead atoms. The number of hydrogen-bond acceptors (Lipinski definition) is 3. The lowest BCUT2D eigenvalue weighted by Crippen LogP contribution is -2.27. The van der Waals surface area contributed by atoms with Crippen LogP contribution >= 0.6 is 0 Å². The maximum Gasteiger partial charge on any atom is 0.264 e. The van der Waals surface area contributed by atoms with E-state index in [1.807, 2.05) is 32.0 Å². The van der Waals surface area contributed by atoms with Crippen LogP contribution in [0.2, 0.25) is 0 Å². The number of aromatic nitrogens is 2. The molecule has 146 valence electrons. The van der Waals surface area contributed by atoms with Gasteiger partial charge in [0.15, 0.2) is 0 Å². The quantitative estimate of drug-likeness (QED) is 0.485. The van der Waals surface area contributed by atoms with Crippen LogP contribution in [0.1, 0.15) is 28.1 Å². The third-order valence-electron chi connectivity index (χ3n) is 4.90. The highest BCUT2D eigenvalue weighted by Gasteiger charge is 2.17. The van der Waals surface area contributed by atoms with E-state index in [4.69, 9.17) is 0 Å². The molecule has 0 unspecified atom stereocenters. The SMILES string of the molecule is Cc1ccc(-n2c(C)cc(/C=C(\C#N)C(=O)N(C)Cc3cccnc3)c2C)cc1. The average Bonchev–Trinajstić information content (AvgIpc) is 3.00. The van der Waals surface area contributed by atoms with Gasteiger partial charge in [0.2, 0.25) is 0 Å². The van der Waals surface area contributed by atoms with Gasteiger partial charge in [-0.3, -0.25) is 9.78 Å². The first-order valence-corrected chi connectivity index (χ1v) is 9.43.